The third kappa shape index (κ3) is 3.68. The standard InChI is InChI=1S/C22H22N2O5/c25-20(24-11-5-10-19(24)21(26)27)12-23-22(28)29-13-18-16-8-3-1-6-14(16)15-7-2-4-9-17(15)18/h1-4,6-9,18-19H,5,10-13H2,(H,23,28)(H,26,27)/t19-/m0/s1/i5T/t5-,19-. The Labute approximate surface area is 169 Å². The molecule has 29 heavy (non-hydrogen) atoms. The molecule has 1 aliphatic heterocycles. The van der Waals surface area contributed by atoms with Crippen molar-refractivity contribution in [3.8, 4) is 11.1 Å². The van der Waals surface area contributed by atoms with Crippen LogP contribution in [0.3, 0.4) is 0 Å². The minimum absolute atomic E-state index is 0.0438. The number of rotatable bonds is 5. The fourth-order valence-electron chi connectivity index (χ4n) is 4.03. The van der Waals surface area contributed by atoms with Crippen molar-refractivity contribution in [3.05, 3.63) is 59.7 Å². The predicted molar refractivity (Wildman–Crippen MR) is 105 cm³/mol. The molecule has 0 unspecified atom stereocenters. The number of nitrogens with zero attached hydrogens (tertiary/aromatic N) is 1. The van der Waals surface area contributed by atoms with Crippen LogP contribution in [0.5, 0.6) is 0 Å². The first-order valence-electron chi connectivity index (χ1n) is 10.1. The van der Waals surface area contributed by atoms with Crippen LogP contribution in [0.25, 0.3) is 11.1 Å². The van der Waals surface area contributed by atoms with Crippen molar-refractivity contribution in [2.75, 3.05) is 19.7 Å². The van der Waals surface area contributed by atoms with Gasteiger partial charge in [-0.1, -0.05) is 48.5 Å². The Bertz CT molecular complexity index is 949. The molecule has 2 amide bonds. The van der Waals surface area contributed by atoms with E-state index >= 15 is 0 Å². The van der Waals surface area contributed by atoms with Crippen LogP contribution < -0.4 is 5.32 Å². The highest BCUT2D eigenvalue weighted by atomic mass is 16.5. The largest absolute Gasteiger partial charge is 0.480 e. The normalized spacial score (nSPS) is 20.6. The Morgan fingerprint density at radius 3 is 2.34 bits per heavy atom. The van der Waals surface area contributed by atoms with Crippen molar-refractivity contribution in [2.45, 2.75) is 24.8 Å². The van der Waals surface area contributed by atoms with Gasteiger partial charge in [-0.2, -0.15) is 0 Å². The van der Waals surface area contributed by atoms with Crippen molar-refractivity contribution in [3.63, 3.8) is 0 Å². The van der Waals surface area contributed by atoms with E-state index in [-0.39, 0.29) is 32.0 Å². The van der Waals surface area contributed by atoms with Gasteiger partial charge in [-0.05, 0) is 35.1 Å². The summed E-state index contributed by atoms with van der Waals surface area (Å²) in [4.78, 5) is 36.9. The summed E-state index contributed by atoms with van der Waals surface area (Å²) in [5.41, 5.74) is 4.42. The molecule has 2 aromatic rings. The van der Waals surface area contributed by atoms with Crippen LogP contribution >= 0.6 is 0 Å². The van der Waals surface area contributed by atoms with Gasteiger partial charge in [-0.25, -0.2) is 9.59 Å². The molecule has 0 spiro atoms. The van der Waals surface area contributed by atoms with Gasteiger partial charge in [-0.3, -0.25) is 4.79 Å². The minimum Gasteiger partial charge on any atom is -0.480 e. The second-order valence-corrected chi connectivity index (χ2v) is 7.10. The van der Waals surface area contributed by atoms with Crippen LogP contribution in [0.4, 0.5) is 4.79 Å². The van der Waals surface area contributed by atoms with Crippen LogP contribution in [0.15, 0.2) is 48.5 Å². The number of carbonyl (C=O) groups is 3. The lowest BCUT2D eigenvalue weighted by molar-refractivity contribution is -0.147. The quantitative estimate of drug-likeness (QED) is 0.810. The van der Waals surface area contributed by atoms with E-state index in [2.05, 4.69) is 5.32 Å². The second kappa shape index (κ2) is 7.95. The van der Waals surface area contributed by atoms with Gasteiger partial charge in [0.25, 0.3) is 0 Å². The van der Waals surface area contributed by atoms with E-state index < -0.39 is 30.4 Å². The maximum Gasteiger partial charge on any atom is 0.407 e. The number of nitrogens with one attached hydrogen (secondary N) is 1. The lowest BCUT2D eigenvalue weighted by Gasteiger charge is -2.21. The maximum absolute atomic E-state index is 12.3. The molecule has 0 aromatic heterocycles. The molecule has 0 saturated carbocycles. The molecule has 0 radical (unpaired) electrons. The zero-order valence-electron chi connectivity index (χ0n) is 16.7. The predicted octanol–water partition coefficient (Wildman–Crippen LogP) is 2.60. The Kier molecular flexibility index (Phi) is 4.86. The average molecular weight is 396 g/mol. The first-order valence-corrected chi connectivity index (χ1v) is 9.49. The molecule has 1 heterocycles. The van der Waals surface area contributed by atoms with Crippen molar-refractivity contribution >= 4 is 18.0 Å². The van der Waals surface area contributed by atoms with Gasteiger partial charge in [-0.15, -0.1) is 0 Å². The van der Waals surface area contributed by atoms with E-state index in [0.29, 0.717) is 0 Å². The van der Waals surface area contributed by atoms with Crippen LogP contribution in [0.1, 0.15) is 31.2 Å². The number of benzene rings is 2. The van der Waals surface area contributed by atoms with E-state index in [1.807, 2.05) is 48.5 Å². The van der Waals surface area contributed by atoms with Gasteiger partial charge in [0, 0.05) is 13.8 Å². The Balaban J connectivity index is 1.35. The molecule has 4 rings (SSSR count). The molecule has 0 bridgehead atoms. The van der Waals surface area contributed by atoms with Crippen molar-refractivity contribution in [2.24, 2.45) is 0 Å². The van der Waals surface area contributed by atoms with E-state index in [9.17, 15) is 19.5 Å². The van der Waals surface area contributed by atoms with Crippen LogP contribution in [0.2, 0.25) is 0 Å². The Morgan fingerprint density at radius 2 is 1.72 bits per heavy atom. The number of likely N-dealkylation sites (tertiary alicyclic amines) is 1. The smallest absolute Gasteiger partial charge is 0.407 e. The highest BCUT2D eigenvalue weighted by molar-refractivity contribution is 5.87. The first kappa shape index (κ1) is 17.7. The summed E-state index contributed by atoms with van der Waals surface area (Å²) in [6, 6.07) is 14.9. The van der Waals surface area contributed by atoms with Gasteiger partial charge in [0.15, 0.2) is 0 Å². The van der Waals surface area contributed by atoms with E-state index in [1.54, 1.807) is 0 Å². The number of hydrogen-bond acceptors (Lipinski definition) is 4. The molecule has 1 saturated heterocycles. The molecule has 7 heteroatoms. The number of carboxylic acids is 1. The molecule has 2 N–H and O–H groups in total. The van der Waals surface area contributed by atoms with Gasteiger partial charge in [0.1, 0.15) is 19.2 Å². The van der Waals surface area contributed by atoms with Crippen molar-refractivity contribution in [1.29, 1.82) is 0 Å². The highest BCUT2D eigenvalue weighted by Gasteiger charge is 2.34. The molecular weight excluding hydrogens is 372 g/mol. The number of alkyl carbamates (subject to hydrolysis) is 1. The minimum atomic E-state index is -1.14. The molecule has 150 valence electrons. The summed E-state index contributed by atoms with van der Waals surface area (Å²) >= 11 is 0. The molecule has 1 fully saturated rings. The second-order valence-electron chi connectivity index (χ2n) is 7.10. The topological polar surface area (TPSA) is 95.9 Å². The molecule has 1 aliphatic carbocycles. The van der Waals surface area contributed by atoms with E-state index in [0.717, 1.165) is 27.2 Å². The monoisotopic (exact) mass is 396 g/mol. The van der Waals surface area contributed by atoms with E-state index in [4.69, 9.17) is 6.11 Å². The number of ether oxygens (including phenoxy) is 1. The zero-order valence-corrected chi connectivity index (χ0v) is 15.7. The molecular formula is C22H22N2O5. The molecule has 2 atom stereocenters. The van der Waals surface area contributed by atoms with Crippen LogP contribution in [-0.4, -0.2) is 53.7 Å². The average Bonchev–Trinajstić information content (AvgIpc) is 3.29. The Hall–Kier alpha value is -3.35. The summed E-state index contributed by atoms with van der Waals surface area (Å²) in [7, 11) is 0. The lowest BCUT2D eigenvalue weighted by Crippen LogP contribution is -2.45. The molecule has 7 nitrogen and oxygen atoms in total. The number of carboxylic acid groups (broad SMARTS) is 1. The summed E-state index contributed by atoms with van der Waals surface area (Å²) in [6.07, 6.45) is -1.28. The van der Waals surface area contributed by atoms with E-state index in [1.165, 1.54) is 0 Å². The molecule has 2 aliphatic rings. The fraction of sp³-hybridized carbons (Fsp3) is 0.318. The maximum atomic E-state index is 12.3. The number of aliphatic carboxylic acids is 1. The Morgan fingerprint density at radius 1 is 1.10 bits per heavy atom. The number of fused-ring (bicyclic) bond motifs is 3. The number of amides is 2. The van der Waals surface area contributed by atoms with Gasteiger partial charge < -0.3 is 20.1 Å². The fourth-order valence-corrected chi connectivity index (χ4v) is 4.03. The van der Waals surface area contributed by atoms with Gasteiger partial charge in [0.05, 0.1) is 0 Å². The van der Waals surface area contributed by atoms with Crippen molar-refractivity contribution in [1.82, 2.24) is 10.2 Å². The summed E-state index contributed by atoms with van der Waals surface area (Å²) in [5, 5.41) is 11.6. The number of carbonyl (C=O) groups excluding carboxylic acids is 2. The van der Waals surface area contributed by atoms with Crippen LogP contribution in [-0.2, 0) is 14.3 Å². The lowest BCUT2D eigenvalue weighted by atomic mass is 9.98. The third-order valence-electron chi connectivity index (χ3n) is 5.42. The first-order chi connectivity index (χ1) is 14.5. The van der Waals surface area contributed by atoms with Crippen LogP contribution in [0, 0.1) is 0 Å². The SMILES string of the molecule is [3H][C@H]1C[C@@H](C(=O)O)N(C(=O)CNC(=O)OCC2c3ccccc3-c3ccccc32)C1. The summed E-state index contributed by atoms with van der Waals surface area (Å²) in [5.74, 6) is -1.76. The summed E-state index contributed by atoms with van der Waals surface area (Å²) < 4.78 is 13.1. The van der Waals surface area contributed by atoms with Crippen molar-refractivity contribution < 1.29 is 25.6 Å². The highest BCUT2D eigenvalue weighted by Crippen LogP contribution is 2.44. The summed E-state index contributed by atoms with van der Waals surface area (Å²) in [6.45, 7) is -0.195. The number of hydrogen-bond donors (Lipinski definition) is 2. The van der Waals surface area contributed by atoms with Gasteiger partial charge >= 0.3 is 12.1 Å². The molecule has 2 aromatic carbocycles. The third-order valence-corrected chi connectivity index (χ3v) is 5.42. The zero-order chi connectivity index (χ0) is 21.3. The van der Waals surface area contributed by atoms with Gasteiger partial charge in [0.2, 0.25) is 5.91 Å².